The summed E-state index contributed by atoms with van der Waals surface area (Å²) in [6, 6.07) is 2.92. The van der Waals surface area contributed by atoms with Crippen LogP contribution in [-0.4, -0.2) is 19.9 Å². The molecule has 0 N–H and O–H groups in total. The minimum atomic E-state index is -0.516. The summed E-state index contributed by atoms with van der Waals surface area (Å²) < 4.78 is 1.52. The van der Waals surface area contributed by atoms with Crippen molar-refractivity contribution in [1.29, 1.82) is 0 Å². The molecule has 6 nitrogen and oxygen atoms in total. The first-order chi connectivity index (χ1) is 9.43. The number of aryl methyl sites for hydroxylation is 1. The number of rotatable bonds is 4. The molecule has 0 bridgehead atoms. The molecule has 0 aliphatic rings. The van der Waals surface area contributed by atoms with Gasteiger partial charge in [0.15, 0.2) is 0 Å². The van der Waals surface area contributed by atoms with Gasteiger partial charge in [-0.1, -0.05) is 23.7 Å². The topological polar surface area (TPSA) is 73.8 Å². The summed E-state index contributed by atoms with van der Waals surface area (Å²) in [6.45, 7) is 3.70. The highest BCUT2D eigenvalue weighted by Crippen LogP contribution is 2.30. The molecule has 0 radical (unpaired) electrons. The van der Waals surface area contributed by atoms with Gasteiger partial charge in [0.25, 0.3) is 5.69 Å². The number of hydrogen-bond acceptors (Lipinski definition) is 4. The van der Waals surface area contributed by atoms with E-state index in [9.17, 15) is 10.1 Å². The Morgan fingerprint density at radius 1 is 1.50 bits per heavy atom. The lowest BCUT2D eigenvalue weighted by Gasteiger charge is -2.06. The summed E-state index contributed by atoms with van der Waals surface area (Å²) in [4.78, 5) is 10.3. The third-order valence-corrected chi connectivity index (χ3v) is 3.73. The van der Waals surface area contributed by atoms with E-state index >= 15 is 0 Å². The van der Waals surface area contributed by atoms with Crippen molar-refractivity contribution in [3.8, 4) is 5.69 Å². The van der Waals surface area contributed by atoms with Gasteiger partial charge in [0.2, 0.25) is 0 Å². The summed E-state index contributed by atoms with van der Waals surface area (Å²) in [5, 5.41) is 18.7. The molecule has 20 heavy (non-hydrogen) atoms. The fourth-order valence-electron chi connectivity index (χ4n) is 1.79. The Morgan fingerprint density at radius 3 is 2.80 bits per heavy atom. The number of alkyl halides is 1. The third kappa shape index (κ3) is 2.76. The van der Waals surface area contributed by atoms with Crippen molar-refractivity contribution in [2.45, 2.75) is 25.6 Å². The molecule has 1 unspecified atom stereocenters. The highest BCUT2D eigenvalue weighted by atomic mass is 35.5. The van der Waals surface area contributed by atoms with Crippen molar-refractivity contribution in [2.24, 2.45) is 0 Å². The van der Waals surface area contributed by atoms with Crippen LogP contribution in [0, 0.1) is 17.0 Å². The van der Waals surface area contributed by atoms with Gasteiger partial charge >= 0.3 is 0 Å². The fourth-order valence-corrected chi connectivity index (χ4v) is 2.12. The summed E-state index contributed by atoms with van der Waals surface area (Å²) in [7, 11) is 0. The maximum Gasteiger partial charge on any atom is 0.288 e. The molecule has 0 aliphatic heterocycles. The van der Waals surface area contributed by atoms with Crippen LogP contribution in [0.3, 0.4) is 0 Å². The van der Waals surface area contributed by atoms with E-state index in [1.807, 2.05) is 6.92 Å². The van der Waals surface area contributed by atoms with Gasteiger partial charge in [-0.15, -0.1) is 16.7 Å². The van der Waals surface area contributed by atoms with Crippen LogP contribution in [0.15, 0.2) is 18.3 Å². The van der Waals surface area contributed by atoms with Crippen LogP contribution in [0.25, 0.3) is 5.69 Å². The molecule has 0 amide bonds. The van der Waals surface area contributed by atoms with Gasteiger partial charge in [0.1, 0.15) is 10.7 Å². The largest absolute Gasteiger partial charge is 0.288 e. The minimum absolute atomic E-state index is 0.0607. The van der Waals surface area contributed by atoms with Crippen LogP contribution in [-0.2, 0) is 0 Å². The van der Waals surface area contributed by atoms with E-state index in [1.165, 1.54) is 16.8 Å². The van der Waals surface area contributed by atoms with Gasteiger partial charge in [0, 0.05) is 6.07 Å². The lowest BCUT2D eigenvalue weighted by Crippen LogP contribution is -2.00. The second kappa shape index (κ2) is 5.76. The summed E-state index contributed by atoms with van der Waals surface area (Å²) in [5.74, 6) is 0. The second-order valence-electron chi connectivity index (χ2n) is 4.31. The fraction of sp³-hybridized carbons (Fsp3) is 0.333. The first-order valence-electron chi connectivity index (χ1n) is 5.95. The molecule has 1 aromatic carbocycles. The molecular weight excluding hydrogens is 303 g/mol. The van der Waals surface area contributed by atoms with E-state index in [4.69, 9.17) is 23.2 Å². The van der Waals surface area contributed by atoms with Gasteiger partial charge in [-0.25, -0.2) is 4.68 Å². The Labute approximate surface area is 125 Å². The highest BCUT2D eigenvalue weighted by Gasteiger charge is 2.17. The normalized spacial score (nSPS) is 12.4. The van der Waals surface area contributed by atoms with E-state index in [0.29, 0.717) is 16.9 Å². The van der Waals surface area contributed by atoms with Gasteiger partial charge in [0.05, 0.1) is 22.2 Å². The molecule has 1 heterocycles. The number of nitro groups is 1. The number of hydrogen-bond donors (Lipinski definition) is 0. The van der Waals surface area contributed by atoms with E-state index in [-0.39, 0.29) is 16.1 Å². The Morgan fingerprint density at radius 2 is 2.20 bits per heavy atom. The zero-order valence-electron chi connectivity index (χ0n) is 10.9. The Bertz CT molecular complexity index is 657. The van der Waals surface area contributed by atoms with Crippen molar-refractivity contribution in [2.75, 3.05) is 0 Å². The van der Waals surface area contributed by atoms with E-state index in [2.05, 4.69) is 10.3 Å². The van der Waals surface area contributed by atoms with Crippen LogP contribution in [0.5, 0.6) is 0 Å². The lowest BCUT2D eigenvalue weighted by molar-refractivity contribution is -0.384. The van der Waals surface area contributed by atoms with Gasteiger partial charge in [-0.05, 0) is 25.0 Å². The van der Waals surface area contributed by atoms with E-state index in [0.717, 1.165) is 6.42 Å². The monoisotopic (exact) mass is 314 g/mol. The van der Waals surface area contributed by atoms with Crippen LogP contribution in [0.4, 0.5) is 5.69 Å². The van der Waals surface area contributed by atoms with E-state index < -0.39 is 4.92 Å². The molecule has 106 valence electrons. The SMILES string of the molecule is CCC(Cl)c1cn(-c2cc(Cl)c([N+](=O)[O-])cc2C)nn1. The van der Waals surface area contributed by atoms with Crippen LogP contribution >= 0.6 is 23.2 Å². The Balaban J connectivity index is 2.45. The smallest absolute Gasteiger partial charge is 0.258 e. The van der Waals surface area contributed by atoms with Crippen LogP contribution in [0.1, 0.15) is 30.0 Å². The first kappa shape index (κ1) is 14.7. The summed E-state index contributed by atoms with van der Waals surface area (Å²) in [5.41, 5.74) is 1.85. The first-order valence-corrected chi connectivity index (χ1v) is 6.76. The summed E-state index contributed by atoms with van der Waals surface area (Å²) >= 11 is 12.0. The number of halogens is 2. The van der Waals surface area contributed by atoms with Crippen molar-refractivity contribution >= 4 is 28.9 Å². The predicted molar refractivity (Wildman–Crippen MR) is 76.6 cm³/mol. The molecule has 0 fully saturated rings. The van der Waals surface area contributed by atoms with Crippen molar-refractivity contribution < 1.29 is 4.92 Å². The molecule has 8 heteroatoms. The Kier molecular flexibility index (Phi) is 4.25. The van der Waals surface area contributed by atoms with Crippen molar-refractivity contribution in [3.05, 3.63) is 44.7 Å². The zero-order valence-corrected chi connectivity index (χ0v) is 12.4. The van der Waals surface area contributed by atoms with Gasteiger partial charge in [-0.2, -0.15) is 0 Å². The second-order valence-corrected chi connectivity index (χ2v) is 5.25. The maximum atomic E-state index is 10.8. The van der Waals surface area contributed by atoms with Crippen molar-refractivity contribution in [1.82, 2.24) is 15.0 Å². The third-order valence-electron chi connectivity index (χ3n) is 2.90. The highest BCUT2D eigenvalue weighted by molar-refractivity contribution is 6.32. The number of benzene rings is 1. The molecular formula is C12H12Cl2N4O2. The lowest BCUT2D eigenvalue weighted by atomic mass is 10.2. The van der Waals surface area contributed by atoms with Gasteiger partial charge in [-0.3, -0.25) is 10.1 Å². The number of nitro benzene ring substituents is 1. The maximum absolute atomic E-state index is 10.8. The molecule has 1 atom stereocenters. The molecule has 0 spiro atoms. The summed E-state index contributed by atoms with van der Waals surface area (Å²) in [6.07, 6.45) is 2.44. The average molecular weight is 315 g/mol. The molecule has 2 aromatic rings. The van der Waals surface area contributed by atoms with Crippen LogP contribution < -0.4 is 0 Å². The van der Waals surface area contributed by atoms with Gasteiger partial charge < -0.3 is 0 Å². The van der Waals surface area contributed by atoms with E-state index in [1.54, 1.807) is 13.1 Å². The van der Waals surface area contributed by atoms with Crippen molar-refractivity contribution in [3.63, 3.8) is 0 Å². The molecule has 0 saturated carbocycles. The molecule has 2 rings (SSSR count). The predicted octanol–water partition coefficient (Wildman–Crippen LogP) is 3.83. The average Bonchev–Trinajstić information content (AvgIpc) is 2.89. The molecule has 0 saturated heterocycles. The number of aromatic nitrogens is 3. The minimum Gasteiger partial charge on any atom is -0.258 e. The molecule has 0 aliphatic carbocycles. The zero-order chi connectivity index (χ0) is 14.9. The van der Waals surface area contributed by atoms with Crippen LogP contribution in [0.2, 0.25) is 5.02 Å². The quantitative estimate of drug-likeness (QED) is 0.488. The molecule has 1 aromatic heterocycles. The standard InChI is InChI=1S/C12H12Cl2N4O2/c1-3-8(13)10-6-17(16-15-10)11-5-9(14)12(18(19)20)4-7(11)2/h4-6,8H,3H2,1-2H3. The number of nitrogens with zero attached hydrogens (tertiary/aromatic N) is 4. The Hall–Kier alpha value is -1.66.